The normalized spacial score (nSPS) is 17.3. The summed E-state index contributed by atoms with van der Waals surface area (Å²) in [6, 6.07) is 0. The Morgan fingerprint density at radius 1 is 1.16 bits per heavy atom. The largest absolute Gasteiger partial charge is 0.302 e. The van der Waals surface area contributed by atoms with Crippen LogP contribution < -0.4 is 11.0 Å². The SMILES string of the molecule is CCC1=NNC(=O)C1=CC=Cc1c(CC)[nH][nH]c1=O. The maximum atomic E-state index is 11.5. The highest BCUT2D eigenvalue weighted by atomic mass is 16.2. The molecular weight excluding hydrogens is 244 g/mol. The Morgan fingerprint density at radius 3 is 2.63 bits per heavy atom. The number of aryl methyl sites for hydroxylation is 1. The Kier molecular flexibility index (Phi) is 3.79. The number of nitrogens with zero attached hydrogens (tertiary/aromatic N) is 1. The van der Waals surface area contributed by atoms with Gasteiger partial charge in [-0.05, 0) is 25.0 Å². The van der Waals surface area contributed by atoms with Gasteiger partial charge < -0.3 is 5.10 Å². The molecule has 100 valence electrons. The van der Waals surface area contributed by atoms with Crippen molar-refractivity contribution in [3.8, 4) is 0 Å². The minimum Gasteiger partial charge on any atom is -0.302 e. The average molecular weight is 260 g/mol. The third kappa shape index (κ3) is 2.57. The quantitative estimate of drug-likeness (QED) is 0.707. The zero-order valence-electron chi connectivity index (χ0n) is 10.9. The lowest BCUT2D eigenvalue weighted by Crippen LogP contribution is -2.12. The topological polar surface area (TPSA) is 90.1 Å². The first kappa shape index (κ1) is 13.1. The fourth-order valence-electron chi connectivity index (χ4n) is 1.91. The van der Waals surface area contributed by atoms with E-state index in [-0.39, 0.29) is 11.5 Å². The van der Waals surface area contributed by atoms with Crippen molar-refractivity contribution < 1.29 is 4.79 Å². The van der Waals surface area contributed by atoms with Crippen LogP contribution in [0.1, 0.15) is 31.5 Å². The van der Waals surface area contributed by atoms with E-state index in [1.807, 2.05) is 13.8 Å². The molecule has 1 aromatic heterocycles. The summed E-state index contributed by atoms with van der Waals surface area (Å²) in [6.45, 7) is 3.89. The van der Waals surface area contributed by atoms with E-state index in [1.54, 1.807) is 18.2 Å². The van der Waals surface area contributed by atoms with E-state index in [0.717, 1.165) is 17.8 Å². The predicted molar refractivity (Wildman–Crippen MR) is 73.8 cm³/mol. The van der Waals surface area contributed by atoms with E-state index in [2.05, 4.69) is 20.7 Å². The number of amides is 1. The van der Waals surface area contributed by atoms with Gasteiger partial charge in [0.1, 0.15) is 0 Å². The molecule has 2 heterocycles. The molecule has 0 fully saturated rings. The second-order valence-corrected chi connectivity index (χ2v) is 4.12. The Bertz CT molecular complexity index is 631. The van der Waals surface area contributed by atoms with Crippen LogP contribution in [0.2, 0.25) is 0 Å². The van der Waals surface area contributed by atoms with Crippen LogP contribution in [-0.2, 0) is 11.2 Å². The third-order valence-corrected chi connectivity index (χ3v) is 2.96. The van der Waals surface area contributed by atoms with E-state index < -0.39 is 0 Å². The molecule has 0 aromatic carbocycles. The molecule has 1 aromatic rings. The Labute approximate surface area is 110 Å². The summed E-state index contributed by atoms with van der Waals surface area (Å²) >= 11 is 0. The van der Waals surface area contributed by atoms with Gasteiger partial charge in [0.25, 0.3) is 11.5 Å². The van der Waals surface area contributed by atoms with Crippen molar-refractivity contribution >= 4 is 17.7 Å². The highest BCUT2D eigenvalue weighted by Gasteiger charge is 2.19. The molecule has 0 aliphatic carbocycles. The number of hydrazone groups is 1. The van der Waals surface area contributed by atoms with Crippen molar-refractivity contribution in [1.82, 2.24) is 15.6 Å². The van der Waals surface area contributed by atoms with Gasteiger partial charge in [-0.15, -0.1) is 0 Å². The molecule has 1 amide bonds. The van der Waals surface area contributed by atoms with Gasteiger partial charge in [0, 0.05) is 5.69 Å². The van der Waals surface area contributed by atoms with Gasteiger partial charge in [-0.25, -0.2) is 5.43 Å². The summed E-state index contributed by atoms with van der Waals surface area (Å²) in [7, 11) is 0. The molecule has 0 saturated heterocycles. The lowest BCUT2D eigenvalue weighted by molar-refractivity contribution is -0.116. The molecule has 1 aliphatic rings. The number of H-pyrrole nitrogens is 2. The highest BCUT2D eigenvalue weighted by molar-refractivity contribution is 6.24. The predicted octanol–water partition coefficient (Wildman–Crippen LogP) is 1.10. The van der Waals surface area contributed by atoms with E-state index in [0.29, 0.717) is 17.6 Å². The number of hydrogen-bond acceptors (Lipinski definition) is 3. The summed E-state index contributed by atoms with van der Waals surface area (Å²) in [5, 5.41) is 9.28. The Hall–Kier alpha value is -2.37. The van der Waals surface area contributed by atoms with Gasteiger partial charge in [-0.3, -0.25) is 14.7 Å². The summed E-state index contributed by atoms with van der Waals surface area (Å²) in [4.78, 5) is 23.1. The monoisotopic (exact) mass is 260 g/mol. The Balaban J connectivity index is 2.24. The van der Waals surface area contributed by atoms with E-state index in [4.69, 9.17) is 0 Å². The van der Waals surface area contributed by atoms with Gasteiger partial charge in [0.2, 0.25) is 0 Å². The molecule has 0 saturated carbocycles. The van der Waals surface area contributed by atoms with Crippen molar-refractivity contribution in [3.05, 3.63) is 39.3 Å². The van der Waals surface area contributed by atoms with E-state index in [9.17, 15) is 9.59 Å². The molecule has 0 unspecified atom stereocenters. The van der Waals surface area contributed by atoms with Crippen molar-refractivity contribution in [2.45, 2.75) is 26.7 Å². The van der Waals surface area contributed by atoms with Crippen LogP contribution in [0.3, 0.4) is 0 Å². The van der Waals surface area contributed by atoms with Crippen molar-refractivity contribution in [2.24, 2.45) is 5.10 Å². The van der Waals surface area contributed by atoms with Crippen LogP contribution in [0.25, 0.3) is 6.08 Å². The smallest absolute Gasteiger partial charge is 0.273 e. The first-order valence-electron chi connectivity index (χ1n) is 6.22. The first-order chi connectivity index (χ1) is 9.17. The molecule has 6 nitrogen and oxygen atoms in total. The van der Waals surface area contributed by atoms with Gasteiger partial charge in [-0.2, -0.15) is 5.10 Å². The molecule has 1 aliphatic heterocycles. The summed E-state index contributed by atoms with van der Waals surface area (Å²) in [5.41, 5.74) is 4.97. The molecule has 3 N–H and O–H groups in total. The number of aromatic amines is 2. The van der Waals surface area contributed by atoms with Crippen molar-refractivity contribution in [2.75, 3.05) is 0 Å². The minimum atomic E-state index is -0.208. The highest BCUT2D eigenvalue weighted by Crippen LogP contribution is 2.10. The third-order valence-electron chi connectivity index (χ3n) is 2.96. The first-order valence-corrected chi connectivity index (χ1v) is 6.22. The second kappa shape index (κ2) is 5.51. The number of nitrogens with one attached hydrogen (secondary N) is 3. The molecule has 0 atom stereocenters. The second-order valence-electron chi connectivity index (χ2n) is 4.12. The molecular formula is C13H16N4O2. The lowest BCUT2D eigenvalue weighted by Gasteiger charge is -1.94. The van der Waals surface area contributed by atoms with Gasteiger partial charge in [-0.1, -0.05) is 19.9 Å². The molecule has 0 spiro atoms. The van der Waals surface area contributed by atoms with Gasteiger partial charge >= 0.3 is 0 Å². The summed E-state index contributed by atoms with van der Waals surface area (Å²) in [6.07, 6.45) is 6.49. The fraction of sp³-hybridized carbons (Fsp3) is 0.308. The molecule has 0 bridgehead atoms. The summed E-state index contributed by atoms with van der Waals surface area (Å²) < 4.78 is 0. The van der Waals surface area contributed by atoms with Crippen LogP contribution >= 0.6 is 0 Å². The number of aromatic nitrogens is 2. The van der Waals surface area contributed by atoms with Crippen LogP contribution in [0, 0.1) is 0 Å². The number of allylic oxidation sites excluding steroid dienone is 2. The maximum absolute atomic E-state index is 11.5. The molecule has 2 rings (SSSR count). The maximum Gasteiger partial charge on any atom is 0.273 e. The van der Waals surface area contributed by atoms with Crippen LogP contribution in [0.4, 0.5) is 0 Å². The summed E-state index contributed by atoms with van der Waals surface area (Å²) in [5.74, 6) is -0.208. The van der Waals surface area contributed by atoms with Gasteiger partial charge in [0.15, 0.2) is 0 Å². The zero-order valence-corrected chi connectivity index (χ0v) is 10.9. The number of carbonyl (C=O) groups is 1. The fourth-order valence-corrected chi connectivity index (χ4v) is 1.91. The van der Waals surface area contributed by atoms with Crippen LogP contribution in [0.5, 0.6) is 0 Å². The van der Waals surface area contributed by atoms with E-state index >= 15 is 0 Å². The van der Waals surface area contributed by atoms with E-state index in [1.165, 1.54) is 0 Å². The van der Waals surface area contributed by atoms with Crippen molar-refractivity contribution in [1.29, 1.82) is 0 Å². The standard InChI is InChI=1S/C13H16N4O2/c1-3-10-8(12(18)16-14-10)6-5-7-9-11(4-2)15-17-13(9)19/h5-7H,3-4H2,1-2H3,(H,16,18)(H2,15,17,19). The number of hydrogen-bond donors (Lipinski definition) is 3. The molecule has 0 radical (unpaired) electrons. The average Bonchev–Trinajstić information content (AvgIpc) is 2.94. The van der Waals surface area contributed by atoms with Crippen molar-refractivity contribution in [3.63, 3.8) is 0 Å². The Morgan fingerprint density at radius 2 is 1.95 bits per heavy atom. The molecule has 19 heavy (non-hydrogen) atoms. The van der Waals surface area contributed by atoms with Crippen LogP contribution in [0.15, 0.2) is 27.6 Å². The lowest BCUT2D eigenvalue weighted by atomic mass is 10.1. The molecule has 6 heteroatoms. The number of carbonyl (C=O) groups excluding carboxylic acids is 1. The zero-order chi connectivity index (χ0) is 13.8. The number of rotatable bonds is 4. The van der Waals surface area contributed by atoms with Crippen LogP contribution in [-0.4, -0.2) is 21.8 Å². The van der Waals surface area contributed by atoms with Gasteiger partial charge in [0.05, 0.1) is 16.8 Å². The minimum absolute atomic E-state index is 0.160.